The van der Waals surface area contributed by atoms with E-state index in [4.69, 9.17) is 5.11 Å². The Hall–Kier alpha value is -0.557. The summed E-state index contributed by atoms with van der Waals surface area (Å²) in [5.74, 6) is 1.57. The molecule has 1 rings (SSSR count). The fourth-order valence-electron chi connectivity index (χ4n) is 0.531. The van der Waals surface area contributed by atoms with Gasteiger partial charge >= 0.3 is 0 Å². The van der Waals surface area contributed by atoms with Crippen LogP contribution in [0.1, 0.15) is 0 Å². The van der Waals surface area contributed by atoms with E-state index in [1.165, 1.54) is 12.3 Å². The third-order valence-electron chi connectivity index (χ3n) is 0.985. The van der Waals surface area contributed by atoms with Crippen LogP contribution in [0.3, 0.4) is 0 Å². The number of nitrogens with zero attached hydrogens (tertiary/aromatic N) is 1. The van der Waals surface area contributed by atoms with E-state index in [1.54, 1.807) is 12.0 Å². The number of allylic oxidation sites excluding steroid dienone is 1. The second-order valence-corrected chi connectivity index (χ2v) is 1.59. The van der Waals surface area contributed by atoms with Crippen LogP contribution in [0.15, 0.2) is 22.7 Å². The topological polar surface area (TPSA) is 49.7 Å². The van der Waals surface area contributed by atoms with Crippen LogP contribution in [-0.2, 0) is 24.3 Å². The standard InChI is InChI=1S/C6H5NO2.Rh/c8-4-5-2-1-3-7-6(5)9;/h1-3,6,9H;. The van der Waals surface area contributed by atoms with Crippen molar-refractivity contribution in [3.8, 4) is 0 Å². The molecule has 0 aromatic carbocycles. The van der Waals surface area contributed by atoms with Crippen molar-refractivity contribution in [2.75, 3.05) is 0 Å². The number of dihydropyridines is 1. The van der Waals surface area contributed by atoms with Crippen molar-refractivity contribution < 1.29 is 29.4 Å². The fourth-order valence-corrected chi connectivity index (χ4v) is 0.531. The molecule has 1 aliphatic rings. The first-order valence-electron chi connectivity index (χ1n) is 2.47. The Kier molecular flexibility index (Phi) is 4.05. The Balaban J connectivity index is 0.000000810. The van der Waals surface area contributed by atoms with Crippen molar-refractivity contribution in [3.05, 3.63) is 17.7 Å². The van der Waals surface area contributed by atoms with Crippen molar-refractivity contribution in [3.63, 3.8) is 0 Å². The molecule has 0 amide bonds. The first-order valence-corrected chi connectivity index (χ1v) is 2.47. The second kappa shape index (κ2) is 4.29. The summed E-state index contributed by atoms with van der Waals surface area (Å²) in [5.41, 5.74) is 0.178. The fraction of sp³-hybridized carbons (Fsp3) is 0.167. The molecule has 1 aliphatic heterocycles. The van der Waals surface area contributed by atoms with Crippen LogP contribution in [0.5, 0.6) is 0 Å². The maximum atomic E-state index is 9.92. The van der Waals surface area contributed by atoms with E-state index in [-0.39, 0.29) is 25.1 Å². The van der Waals surface area contributed by atoms with E-state index in [0.29, 0.717) is 0 Å². The summed E-state index contributed by atoms with van der Waals surface area (Å²) in [7, 11) is 0. The zero-order valence-electron chi connectivity index (χ0n) is 4.95. The summed E-state index contributed by atoms with van der Waals surface area (Å²) in [6.07, 6.45) is 3.48. The van der Waals surface area contributed by atoms with Crippen molar-refractivity contribution in [2.24, 2.45) is 4.99 Å². The zero-order chi connectivity index (χ0) is 6.69. The molecular weight excluding hydrogens is 221 g/mol. The summed E-state index contributed by atoms with van der Waals surface area (Å²) in [6, 6.07) is 0. The van der Waals surface area contributed by atoms with Gasteiger partial charge in [0.2, 0.25) is 0 Å². The first-order chi connectivity index (χ1) is 4.34. The van der Waals surface area contributed by atoms with Crippen molar-refractivity contribution in [1.82, 2.24) is 0 Å². The van der Waals surface area contributed by atoms with E-state index < -0.39 is 6.23 Å². The van der Waals surface area contributed by atoms with E-state index in [9.17, 15) is 4.79 Å². The van der Waals surface area contributed by atoms with Crippen molar-refractivity contribution >= 4 is 12.2 Å². The molecule has 0 aliphatic carbocycles. The zero-order valence-corrected chi connectivity index (χ0v) is 6.58. The molecule has 1 radical (unpaired) electrons. The summed E-state index contributed by atoms with van der Waals surface area (Å²) < 4.78 is 0. The normalized spacial score (nSPS) is 21.7. The van der Waals surface area contributed by atoms with Crippen LogP contribution < -0.4 is 0 Å². The van der Waals surface area contributed by atoms with Gasteiger partial charge in [-0.2, -0.15) is 0 Å². The van der Waals surface area contributed by atoms with Crippen LogP contribution in [-0.4, -0.2) is 23.5 Å². The number of aliphatic imine (C=N–C) groups is 1. The maximum absolute atomic E-state index is 9.92. The largest absolute Gasteiger partial charge is 0.367 e. The van der Waals surface area contributed by atoms with Gasteiger partial charge < -0.3 is 5.11 Å². The molecule has 3 nitrogen and oxygen atoms in total. The average molecular weight is 226 g/mol. The van der Waals surface area contributed by atoms with Gasteiger partial charge in [0, 0.05) is 25.7 Å². The van der Waals surface area contributed by atoms with Crippen LogP contribution in [0.25, 0.3) is 0 Å². The first kappa shape index (κ1) is 9.44. The van der Waals surface area contributed by atoms with E-state index in [1.807, 2.05) is 0 Å². The predicted molar refractivity (Wildman–Crippen MR) is 32.8 cm³/mol. The molecule has 0 aromatic heterocycles. The monoisotopic (exact) mass is 226 g/mol. The molecule has 0 saturated carbocycles. The number of hydrogen-bond acceptors (Lipinski definition) is 3. The van der Waals surface area contributed by atoms with Crippen LogP contribution in [0.2, 0.25) is 0 Å². The number of aliphatic hydroxyl groups is 1. The minimum atomic E-state index is -1.01. The Labute approximate surface area is 70.9 Å². The number of aliphatic hydroxyl groups excluding tert-OH is 1. The van der Waals surface area contributed by atoms with Crippen LogP contribution in [0, 0.1) is 0 Å². The molecular formula is C6H5NO2Rh. The SMILES string of the molecule is O=C=C1C=CC=NC1O.[Rh]. The molecule has 1 atom stereocenters. The Morgan fingerprint density at radius 1 is 1.70 bits per heavy atom. The summed E-state index contributed by atoms with van der Waals surface area (Å²) in [6.45, 7) is 0. The summed E-state index contributed by atoms with van der Waals surface area (Å²) in [5, 5.41) is 8.82. The Morgan fingerprint density at radius 3 is 2.80 bits per heavy atom. The van der Waals surface area contributed by atoms with Gasteiger partial charge in [0.1, 0.15) is 5.94 Å². The van der Waals surface area contributed by atoms with Gasteiger partial charge in [-0.1, -0.05) is 0 Å². The Bertz CT molecular complexity index is 216. The van der Waals surface area contributed by atoms with Gasteiger partial charge in [0.25, 0.3) is 0 Å². The van der Waals surface area contributed by atoms with Gasteiger partial charge in [0.05, 0.1) is 5.57 Å². The van der Waals surface area contributed by atoms with Gasteiger partial charge in [-0.05, 0) is 12.2 Å². The predicted octanol–water partition coefficient (Wildman–Crippen LogP) is -0.299. The minimum absolute atomic E-state index is 0. The van der Waals surface area contributed by atoms with E-state index in [0.717, 1.165) is 0 Å². The molecule has 4 heteroatoms. The van der Waals surface area contributed by atoms with Gasteiger partial charge in [-0.3, -0.25) is 4.99 Å². The van der Waals surface area contributed by atoms with Crippen molar-refractivity contribution in [1.29, 1.82) is 0 Å². The van der Waals surface area contributed by atoms with Crippen molar-refractivity contribution in [2.45, 2.75) is 6.23 Å². The number of hydrogen-bond donors (Lipinski definition) is 1. The molecule has 0 bridgehead atoms. The van der Waals surface area contributed by atoms with Crippen LogP contribution >= 0.6 is 0 Å². The third-order valence-corrected chi connectivity index (χ3v) is 0.985. The average Bonchev–Trinajstić information content (AvgIpc) is 1.89. The molecule has 1 unspecified atom stereocenters. The number of carbonyl (C=O) groups excluding carboxylic acids is 1. The molecule has 0 spiro atoms. The molecule has 1 N–H and O–H groups in total. The second-order valence-electron chi connectivity index (χ2n) is 1.59. The molecule has 10 heavy (non-hydrogen) atoms. The molecule has 1 heterocycles. The van der Waals surface area contributed by atoms with Gasteiger partial charge in [-0.25, -0.2) is 4.79 Å². The third kappa shape index (κ3) is 2.00. The Morgan fingerprint density at radius 2 is 2.40 bits per heavy atom. The number of rotatable bonds is 0. The maximum Gasteiger partial charge on any atom is 0.181 e. The van der Waals surface area contributed by atoms with E-state index >= 15 is 0 Å². The summed E-state index contributed by atoms with van der Waals surface area (Å²) >= 11 is 0. The minimum Gasteiger partial charge on any atom is -0.367 e. The van der Waals surface area contributed by atoms with Crippen LogP contribution in [0.4, 0.5) is 0 Å². The molecule has 0 aromatic rings. The molecule has 55 valence electrons. The smallest absolute Gasteiger partial charge is 0.181 e. The van der Waals surface area contributed by atoms with E-state index in [2.05, 4.69) is 4.99 Å². The molecule has 0 saturated heterocycles. The summed E-state index contributed by atoms with van der Waals surface area (Å²) in [4.78, 5) is 13.4. The van der Waals surface area contributed by atoms with Gasteiger partial charge in [-0.15, -0.1) is 0 Å². The molecule has 0 fully saturated rings. The quantitative estimate of drug-likeness (QED) is 0.455. The van der Waals surface area contributed by atoms with Gasteiger partial charge in [0.15, 0.2) is 6.23 Å².